The second-order valence-corrected chi connectivity index (χ2v) is 7.95. The van der Waals surface area contributed by atoms with E-state index in [0.717, 1.165) is 18.9 Å². The van der Waals surface area contributed by atoms with E-state index in [-0.39, 0.29) is 5.60 Å². The third-order valence-corrected chi connectivity index (χ3v) is 5.36. The summed E-state index contributed by atoms with van der Waals surface area (Å²) in [6.07, 6.45) is 6.96. The molecule has 3 rings (SSSR count). The first-order chi connectivity index (χ1) is 10.6. The van der Waals surface area contributed by atoms with Crippen LogP contribution in [0.25, 0.3) is 0 Å². The van der Waals surface area contributed by atoms with E-state index in [1.165, 1.54) is 51.9 Å². The van der Waals surface area contributed by atoms with E-state index in [1.54, 1.807) is 6.26 Å². The third kappa shape index (κ3) is 4.12. The first kappa shape index (κ1) is 16.0. The predicted octanol–water partition coefficient (Wildman–Crippen LogP) is 0.597. The monoisotopic (exact) mass is 308 g/mol. The van der Waals surface area contributed by atoms with Crippen LogP contribution in [0.15, 0.2) is 22.8 Å². The van der Waals surface area contributed by atoms with Crippen molar-refractivity contribution < 1.29 is 19.4 Å². The molecule has 3 N–H and O–H groups in total. The second-order valence-electron chi connectivity index (χ2n) is 7.95. The summed E-state index contributed by atoms with van der Waals surface area (Å²) in [6.45, 7) is 11.6. The van der Waals surface area contributed by atoms with Crippen molar-refractivity contribution >= 4 is 0 Å². The van der Waals surface area contributed by atoms with Crippen LogP contribution >= 0.6 is 0 Å². The topological polar surface area (TPSA) is 43.4 Å². The molecule has 2 saturated heterocycles. The minimum atomic E-state index is 0.0237. The van der Waals surface area contributed by atoms with Gasteiger partial charge in [0.05, 0.1) is 43.5 Å². The fraction of sp³-hybridized carbons (Fsp3) is 0.778. The van der Waals surface area contributed by atoms with Crippen LogP contribution in [0.3, 0.4) is 0 Å². The molecule has 0 bridgehead atoms. The average Bonchev–Trinajstić information content (AvgIpc) is 3.11. The fourth-order valence-electron chi connectivity index (χ4n) is 4.52. The van der Waals surface area contributed by atoms with Gasteiger partial charge < -0.3 is 19.4 Å². The van der Waals surface area contributed by atoms with Gasteiger partial charge in [0.25, 0.3) is 0 Å². The standard InChI is InChI=1S/C18H30N2O2/c1-17(2)13-18(7-11-22-17,15-20-8-3-4-9-20)14-19-12-16-6-5-10-21-16/h5-6,10,19H,3-4,7-9,11-15H2,1-2H3/p+2/t18-/m0/s1. The smallest absolute Gasteiger partial charge is 0.157 e. The summed E-state index contributed by atoms with van der Waals surface area (Å²) >= 11 is 0. The number of nitrogens with two attached hydrogens (primary N) is 1. The van der Waals surface area contributed by atoms with Crippen LogP contribution in [0.5, 0.6) is 0 Å². The molecule has 0 spiro atoms. The summed E-state index contributed by atoms with van der Waals surface area (Å²) in [6, 6.07) is 4.05. The Hall–Kier alpha value is -0.840. The fourth-order valence-corrected chi connectivity index (χ4v) is 4.52. The molecule has 0 radical (unpaired) electrons. The molecule has 2 aliphatic rings. The summed E-state index contributed by atoms with van der Waals surface area (Å²) in [5, 5.41) is 2.44. The van der Waals surface area contributed by atoms with Crippen molar-refractivity contribution in [2.75, 3.05) is 32.8 Å². The Labute approximate surface area is 134 Å². The molecule has 1 aromatic rings. The van der Waals surface area contributed by atoms with Crippen LogP contribution in [-0.4, -0.2) is 38.4 Å². The zero-order valence-corrected chi connectivity index (χ0v) is 14.2. The summed E-state index contributed by atoms with van der Waals surface area (Å²) in [5.41, 5.74) is 0.434. The molecule has 2 aliphatic heterocycles. The Kier molecular flexibility index (Phi) is 4.91. The van der Waals surface area contributed by atoms with Crippen LogP contribution in [0.4, 0.5) is 0 Å². The minimum Gasteiger partial charge on any atom is -0.463 e. The van der Waals surface area contributed by atoms with Gasteiger partial charge in [-0.05, 0) is 38.8 Å². The number of hydrogen-bond acceptors (Lipinski definition) is 2. The van der Waals surface area contributed by atoms with Crippen LogP contribution in [0.1, 0.15) is 45.3 Å². The Bertz CT molecular complexity index is 452. The molecule has 4 nitrogen and oxygen atoms in total. The summed E-state index contributed by atoms with van der Waals surface area (Å²) < 4.78 is 11.5. The van der Waals surface area contributed by atoms with Gasteiger partial charge in [0, 0.05) is 19.4 Å². The molecular formula is C18H32N2O2+2. The average molecular weight is 308 g/mol. The van der Waals surface area contributed by atoms with Crippen molar-refractivity contribution in [2.45, 2.75) is 51.7 Å². The maximum atomic E-state index is 6.00. The van der Waals surface area contributed by atoms with Gasteiger partial charge in [-0.3, -0.25) is 0 Å². The number of quaternary nitrogens is 2. The summed E-state index contributed by atoms with van der Waals surface area (Å²) in [7, 11) is 0. The molecular weight excluding hydrogens is 276 g/mol. The Balaban J connectivity index is 1.62. The second kappa shape index (κ2) is 6.73. The lowest BCUT2D eigenvalue weighted by atomic mass is 9.73. The van der Waals surface area contributed by atoms with Crippen molar-refractivity contribution in [3.05, 3.63) is 24.2 Å². The van der Waals surface area contributed by atoms with Crippen LogP contribution in [0, 0.1) is 5.41 Å². The van der Waals surface area contributed by atoms with E-state index in [0.29, 0.717) is 5.41 Å². The summed E-state index contributed by atoms with van der Waals surface area (Å²) in [5.74, 6) is 1.08. The minimum absolute atomic E-state index is 0.0237. The molecule has 3 heterocycles. The number of likely N-dealkylation sites (tertiary alicyclic amines) is 1. The van der Waals surface area contributed by atoms with Crippen molar-refractivity contribution in [3.63, 3.8) is 0 Å². The van der Waals surface area contributed by atoms with E-state index in [2.05, 4.69) is 25.2 Å². The highest BCUT2D eigenvalue weighted by Gasteiger charge is 2.45. The largest absolute Gasteiger partial charge is 0.463 e. The van der Waals surface area contributed by atoms with Gasteiger partial charge in [0.15, 0.2) is 5.76 Å². The van der Waals surface area contributed by atoms with Crippen LogP contribution in [-0.2, 0) is 11.3 Å². The lowest BCUT2D eigenvalue weighted by Crippen LogP contribution is -3.12. The quantitative estimate of drug-likeness (QED) is 0.808. The number of hydrogen-bond donors (Lipinski definition) is 2. The molecule has 1 atom stereocenters. The molecule has 0 amide bonds. The lowest BCUT2D eigenvalue weighted by molar-refractivity contribution is -0.898. The Morgan fingerprint density at radius 1 is 1.27 bits per heavy atom. The van der Waals surface area contributed by atoms with Gasteiger partial charge in [0.2, 0.25) is 0 Å². The van der Waals surface area contributed by atoms with E-state index in [4.69, 9.17) is 9.15 Å². The Morgan fingerprint density at radius 2 is 2.09 bits per heavy atom. The first-order valence-corrected chi connectivity index (χ1v) is 8.89. The molecule has 1 aromatic heterocycles. The SMILES string of the molecule is CC1(C)C[C@@](C[NH2+]Cc2ccco2)(C[NH+]2CCCC2)CCO1. The van der Waals surface area contributed by atoms with Gasteiger partial charge in [-0.1, -0.05) is 0 Å². The maximum Gasteiger partial charge on any atom is 0.157 e. The molecule has 0 aromatic carbocycles. The Morgan fingerprint density at radius 3 is 2.77 bits per heavy atom. The highest BCUT2D eigenvalue weighted by Crippen LogP contribution is 2.37. The van der Waals surface area contributed by atoms with E-state index in [1.807, 2.05) is 11.0 Å². The summed E-state index contributed by atoms with van der Waals surface area (Å²) in [4.78, 5) is 1.81. The normalized spacial score (nSPS) is 29.0. The highest BCUT2D eigenvalue weighted by atomic mass is 16.5. The lowest BCUT2D eigenvalue weighted by Gasteiger charge is -2.44. The predicted molar refractivity (Wildman–Crippen MR) is 85.7 cm³/mol. The van der Waals surface area contributed by atoms with Crippen molar-refractivity contribution in [2.24, 2.45) is 5.41 Å². The molecule has 0 saturated carbocycles. The zero-order valence-electron chi connectivity index (χ0n) is 14.2. The number of nitrogens with one attached hydrogen (secondary N) is 1. The van der Waals surface area contributed by atoms with Crippen LogP contribution in [0.2, 0.25) is 0 Å². The van der Waals surface area contributed by atoms with E-state index in [9.17, 15) is 0 Å². The van der Waals surface area contributed by atoms with Gasteiger partial charge >= 0.3 is 0 Å². The molecule has 124 valence electrons. The van der Waals surface area contributed by atoms with Gasteiger partial charge in [-0.2, -0.15) is 0 Å². The number of furan rings is 1. The number of ether oxygens (including phenoxy) is 1. The first-order valence-electron chi connectivity index (χ1n) is 8.89. The zero-order chi connectivity index (χ0) is 15.5. The van der Waals surface area contributed by atoms with E-state index >= 15 is 0 Å². The van der Waals surface area contributed by atoms with Gasteiger partial charge in [0.1, 0.15) is 6.54 Å². The van der Waals surface area contributed by atoms with Crippen LogP contribution < -0.4 is 10.2 Å². The highest BCUT2D eigenvalue weighted by molar-refractivity contribution is 4.96. The maximum absolute atomic E-state index is 6.00. The van der Waals surface area contributed by atoms with Gasteiger partial charge in [-0.15, -0.1) is 0 Å². The third-order valence-electron chi connectivity index (χ3n) is 5.36. The number of rotatable bonds is 6. The molecule has 0 unspecified atom stereocenters. The van der Waals surface area contributed by atoms with Crippen molar-refractivity contribution in [3.8, 4) is 0 Å². The molecule has 4 heteroatoms. The molecule has 0 aliphatic carbocycles. The van der Waals surface area contributed by atoms with Crippen molar-refractivity contribution in [1.29, 1.82) is 0 Å². The molecule has 2 fully saturated rings. The van der Waals surface area contributed by atoms with E-state index < -0.39 is 0 Å². The van der Waals surface area contributed by atoms with Crippen molar-refractivity contribution in [1.82, 2.24) is 0 Å². The van der Waals surface area contributed by atoms with Gasteiger partial charge in [-0.25, -0.2) is 0 Å². The molecule has 22 heavy (non-hydrogen) atoms.